The van der Waals surface area contributed by atoms with Crippen LogP contribution in [0.1, 0.15) is 78.1 Å². The minimum Gasteiger partial charge on any atom is -0.549 e. The smallest absolute Gasteiger partial charge is 0.342 e. The summed E-state index contributed by atoms with van der Waals surface area (Å²) in [5.74, 6) is -1.05. The minimum absolute atomic E-state index is 0.0758. The first-order valence-electron chi connectivity index (χ1n) is 12.6. The molecule has 1 atom stereocenters. The van der Waals surface area contributed by atoms with Gasteiger partial charge in [0.2, 0.25) is 0 Å². The molecule has 33 heavy (non-hydrogen) atoms. The van der Waals surface area contributed by atoms with Crippen molar-refractivity contribution in [3.05, 3.63) is 30.3 Å². The van der Waals surface area contributed by atoms with Crippen molar-refractivity contribution >= 4 is 13.6 Å². The number of nitrogens with two attached hydrogens (primary N) is 1. The van der Waals surface area contributed by atoms with Crippen LogP contribution in [-0.4, -0.2) is 43.5 Å². The zero-order valence-corrected chi connectivity index (χ0v) is 21.2. The second-order valence-corrected chi connectivity index (χ2v) is 11.0. The van der Waals surface area contributed by atoms with Crippen molar-refractivity contribution in [3.8, 4) is 5.75 Å². The summed E-state index contributed by atoms with van der Waals surface area (Å²) in [7, 11) is -3.81. The Bertz CT molecular complexity index is 678. The fourth-order valence-corrected chi connectivity index (χ4v) is 6.27. The third-order valence-corrected chi connectivity index (χ3v) is 8.63. The van der Waals surface area contributed by atoms with Crippen LogP contribution in [-0.2, 0) is 18.4 Å². The van der Waals surface area contributed by atoms with E-state index in [1.807, 2.05) is 0 Å². The maximum absolute atomic E-state index is 12.4. The molecule has 0 saturated heterocycles. The molecular formula is C25H42NO6P. The molecular weight excluding hydrogens is 441 g/mol. The summed E-state index contributed by atoms with van der Waals surface area (Å²) in [5, 5.41) is 13.9. The van der Waals surface area contributed by atoms with Gasteiger partial charge in [0, 0.05) is 0 Å². The Morgan fingerprint density at radius 1 is 0.939 bits per heavy atom. The summed E-state index contributed by atoms with van der Waals surface area (Å²) in [4.78, 5) is 11.2. The van der Waals surface area contributed by atoms with Crippen molar-refractivity contribution in [1.82, 2.24) is 0 Å². The molecule has 2 aliphatic rings. The topological polar surface area (TPSA) is 102 Å². The van der Waals surface area contributed by atoms with Gasteiger partial charge >= 0.3 is 7.60 Å². The van der Waals surface area contributed by atoms with Gasteiger partial charge in [0.15, 0.2) is 0 Å². The van der Waals surface area contributed by atoms with Crippen molar-refractivity contribution in [3.63, 3.8) is 0 Å². The highest BCUT2D eigenvalue weighted by molar-refractivity contribution is 7.55. The lowest BCUT2D eigenvalue weighted by molar-refractivity contribution is -0.725. The average Bonchev–Trinajstić information content (AvgIpc) is 2.82. The number of hydrogen-bond donors (Lipinski definition) is 1. The summed E-state index contributed by atoms with van der Waals surface area (Å²) in [6.45, 7) is 3.02. The van der Waals surface area contributed by atoms with E-state index in [-0.39, 0.29) is 19.8 Å². The van der Waals surface area contributed by atoms with Crippen LogP contribution in [0.5, 0.6) is 5.75 Å². The van der Waals surface area contributed by atoms with Gasteiger partial charge in [-0.2, -0.15) is 0 Å². The number of ether oxygens (including phenoxy) is 1. The third kappa shape index (κ3) is 10.2. The van der Waals surface area contributed by atoms with E-state index in [1.165, 1.54) is 64.2 Å². The quantitative estimate of drug-likeness (QED) is 0.482. The Kier molecular flexibility index (Phi) is 13.1. The molecule has 0 heterocycles. The molecule has 1 unspecified atom stereocenters. The first-order chi connectivity index (χ1) is 16.0. The molecule has 0 amide bonds. The van der Waals surface area contributed by atoms with Crippen LogP contribution < -0.4 is 15.2 Å². The number of carboxylic acid groups (broad SMARTS) is 1. The number of rotatable bonds is 11. The normalized spacial score (nSPS) is 18.7. The van der Waals surface area contributed by atoms with Crippen molar-refractivity contribution in [2.24, 2.45) is 0 Å². The summed E-state index contributed by atoms with van der Waals surface area (Å²) < 4.78 is 27.8. The Morgan fingerprint density at radius 2 is 1.42 bits per heavy atom. The molecule has 1 aromatic carbocycles. The van der Waals surface area contributed by atoms with Crippen molar-refractivity contribution in [1.29, 1.82) is 0 Å². The molecule has 2 fully saturated rings. The Balaban J connectivity index is 0.000000254. The SMILES string of the molecule is C1CCC([NH2+]C2CCCCC2)CC1.CCOP(=O)(OCC)C(COc1ccccc1)C(=O)[O-]. The predicted octanol–water partition coefficient (Wildman–Crippen LogP) is 3.67. The maximum Gasteiger partial charge on any atom is 0.342 e. The van der Waals surface area contributed by atoms with Crippen molar-refractivity contribution in [2.75, 3.05) is 19.8 Å². The zero-order valence-electron chi connectivity index (χ0n) is 20.3. The molecule has 0 bridgehead atoms. The van der Waals surface area contributed by atoms with Crippen LogP contribution >= 0.6 is 7.60 Å². The second-order valence-electron chi connectivity index (χ2n) is 8.82. The summed E-state index contributed by atoms with van der Waals surface area (Å²) in [6, 6.07) is 10.6. The van der Waals surface area contributed by atoms with Crippen LogP contribution in [0.3, 0.4) is 0 Å². The van der Waals surface area contributed by atoms with Gasteiger partial charge in [-0.1, -0.05) is 31.0 Å². The van der Waals surface area contributed by atoms with E-state index in [4.69, 9.17) is 13.8 Å². The van der Waals surface area contributed by atoms with Crippen LogP contribution in [0.2, 0.25) is 0 Å². The van der Waals surface area contributed by atoms with Gasteiger partial charge in [0.05, 0.1) is 31.3 Å². The molecule has 188 valence electrons. The number of benzene rings is 1. The molecule has 7 nitrogen and oxygen atoms in total. The van der Waals surface area contributed by atoms with Gasteiger partial charge in [-0.25, -0.2) is 0 Å². The molecule has 2 aliphatic carbocycles. The average molecular weight is 484 g/mol. The lowest BCUT2D eigenvalue weighted by Gasteiger charge is -2.27. The van der Waals surface area contributed by atoms with Gasteiger partial charge < -0.3 is 29.0 Å². The fraction of sp³-hybridized carbons (Fsp3) is 0.720. The Morgan fingerprint density at radius 3 is 1.85 bits per heavy atom. The van der Waals surface area contributed by atoms with Gasteiger partial charge in [-0.05, 0) is 77.3 Å². The lowest BCUT2D eigenvalue weighted by atomic mass is 9.91. The molecule has 0 radical (unpaired) electrons. The van der Waals surface area contributed by atoms with E-state index in [9.17, 15) is 14.5 Å². The molecule has 3 rings (SSSR count). The Labute approximate surface area is 199 Å². The highest BCUT2D eigenvalue weighted by Crippen LogP contribution is 2.52. The molecule has 2 saturated carbocycles. The van der Waals surface area contributed by atoms with E-state index in [2.05, 4.69) is 5.32 Å². The maximum atomic E-state index is 12.4. The summed E-state index contributed by atoms with van der Waals surface area (Å²) >= 11 is 0. The van der Waals surface area contributed by atoms with Crippen LogP contribution in [0.4, 0.5) is 0 Å². The second kappa shape index (κ2) is 15.5. The fourth-order valence-electron chi connectivity index (χ4n) is 4.60. The monoisotopic (exact) mass is 483 g/mol. The lowest BCUT2D eigenvalue weighted by Crippen LogP contribution is -2.95. The molecule has 0 aromatic heterocycles. The van der Waals surface area contributed by atoms with E-state index in [0.29, 0.717) is 5.75 Å². The first-order valence-corrected chi connectivity index (χ1v) is 14.2. The van der Waals surface area contributed by atoms with Crippen LogP contribution in [0.25, 0.3) is 0 Å². The first kappa shape index (κ1) is 27.8. The molecule has 8 heteroatoms. The molecule has 0 spiro atoms. The van der Waals surface area contributed by atoms with Gasteiger partial charge in [0.25, 0.3) is 0 Å². The molecule has 2 N–H and O–H groups in total. The van der Waals surface area contributed by atoms with Gasteiger partial charge in [0.1, 0.15) is 18.0 Å². The standard InChI is InChI=1S/C13H19O6P.C12H23N/c1-3-18-20(16,19-4-2)12(13(14)15)10-17-11-8-6-5-7-9-11;1-3-7-11(8-4-1)13-12-9-5-2-6-10-12/h5-9,12H,3-4,10H2,1-2H3,(H,14,15);11-13H,1-10H2. The van der Waals surface area contributed by atoms with E-state index in [0.717, 1.165) is 12.1 Å². The number of quaternary nitrogens is 1. The number of aliphatic carboxylic acids is 1. The number of carbonyl (C=O) groups excluding carboxylic acids is 1. The summed E-state index contributed by atoms with van der Waals surface area (Å²) in [6.07, 6.45) is 15.0. The van der Waals surface area contributed by atoms with Crippen molar-refractivity contribution < 1.29 is 33.6 Å². The largest absolute Gasteiger partial charge is 0.549 e. The highest BCUT2D eigenvalue weighted by atomic mass is 31.2. The van der Waals surface area contributed by atoms with E-state index >= 15 is 0 Å². The minimum atomic E-state index is -3.81. The molecule has 0 aliphatic heterocycles. The molecule has 1 aromatic rings. The number of carbonyl (C=O) groups is 1. The van der Waals surface area contributed by atoms with Crippen LogP contribution in [0, 0.1) is 0 Å². The van der Waals surface area contributed by atoms with Crippen molar-refractivity contribution in [2.45, 2.75) is 95.8 Å². The zero-order chi connectivity index (χ0) is 23.9. The highest BCUT2D eigenvalue weighted by Gasteiger charge is 2.37. The van der Waals surface area contributed by atoms with Gasteiger partial charge in [-0.15, -0.1) is 0 Å². The number of carboxylic acids is 1. The number of para-hydroxylation sites is 1. The number of hydrogen-bond acceptors (Lipinski definition) is 6. The van der Waals surface area contributed by atoms with Crippen LogP contribution in [0.15, 0.2) is 30.3 Å². The third-order valence-electron chi connectivity index (χ3n) is 6.27. The predicted molar refractivity (Wildman–Crippen MR) is 127 cm³/mol. The van der Waals surface area contributed by atoms with E-state index < -0.39 is 19.2 Å². The van der Waals surface area contributed by atoms with E-state index in [1.54, 1.807) is 44.2 Å². The summed E-state index contributed by atoms with van der Waals surface area (Å²) in [5.41, 5.74) is -1.47. The van der Waals surface area contributed by atoms with Gasteiger partial charge in [-0.3, -0.25) is 4.57 Å². The Hall–Kier alpha value is -1.40.